The molecule has 16 atom stereocenters. The van der Waals surface area contributed by atoms with Crippen LogP contribution in [0.1, 0.15) is 102 Å². The van der Waals surface area contributed by atoms with E-state index in [1.807, 2.05) is 0 Å². The van der Waals surface area contributed by atoms with E-state index in [1.165, 1.54) is 10.9 Å². The van der Waals surface area contributed by atoms with Gasteiger partial charge >= 0.3 is 0 Å². The zero-order valence-corrected chi connectivity index (χ0v) is 67.4. The van der Waals surface area contributed by atoms with Gasteiger partial charge in [-0.3, -0.25) is 18.3 Å². The van der Waals surface area contributed by atoms with E-state index in [4.69, 9.17) is 47.6 Å². The van der Waals surface area contributed by atoms with Gasteiger partial charge in [-0.15, -0.1) is 52.7 Å². The highest BCUT2D eigenvalue weighted by atomic mass is 32.2. The van der Waals surface area contributed by atoms with E-state index in [1.54, 1.807) is 80.9 Å². The molecular weight excluding hydrogens is 1460 g/mol. The normalized spacial score (nSPS) is 26.5. The minimum Gasteiger partial charge on any atom is -0.397 e. The summed E-state index contributed by atoms with van der Waals surface area (Å²) in [6.45, 7) is 18.2. The summed E-state index contributed by atoms with van der Waals surface area (Å²) in [7, 11) is 0. The maximum absolute atomic E-state index is 10.8. The summed E-state index contributed by atoms with van der Waals surface area (Å²) in [6.07, 6.45) is 21.7. The topological polar surface area (TPSA) is 465 Å². The van der Waals surface area contributed by atoms with E-state index in [9.17, 15) is 40.9 Å². The van der Waals surface area contributed by atoms with Crippen LogP contribution in [0.3, 0.4) is 0 Å². The van der Waals surface area contributed by atoms with Crippen LogP contribution in [-0.2, 0) is 18.9 Å². The highest BCUT2D eigenvalue weighted by molar-refractivity contribution is 7.99. The number of imidazole rings is 4. The smallest absolute Gasteiger partial charge is 0.204 e. The number of unbranched alkanes of at least 4 members (excludes halogenated alkanes) is 3. The standard InChI is InChI=1S/C20H33N4O3PS.C19H31N4O3PS.2C15H24N5O3P/c1-5-6-7-12-29-20-23-15-13(21)8-10-22-18(15)24(20)19-17(26)16(25)14(27-19)9-11-28(2,3)4;1-5-6-11-28-19-22-14-12(20)7-9-21-17(14)23(19)18-16(25)15(24)13(26-18)8-10-27(2,3)4;1-8-18-13(16)10-14(19-8)20(7-17-10)15-12(22)11(21)9(23-15)5-6-24(2,3)4;1-24(2,3)7-5-9-11(21)12(22)14(23-9)20-13-10(19-15(20)17)8(16)4-6-18-13/h8,10,14,16-17,19,25-26H,2,5-7,9,11-12H2,1,3-4H3,(H2,21,22);7,9,13,15-16,18,24-25H,2,5-6,8,10-11H2,1,3-4H3,(H2,20,21);7,9,11-12,15,21-22H,2,5-6H2,1,3-4H3,(H2,16,18,19);4,6,9,11-12,14,21-22H,1,5,7H2,2-3H3,(H2,16,18)(H2,17,19)/t14-,16-,17-,19?;13-,15-,16-,18?;9-,11-,12-,15?;9-,11-,12-,14?/m1111/s1. The van der Waals surface area contributed by atoms with Crippen LogP contribution in [0, 0.1) is 6.92 Å². The Bertz CT molecular complexity index is 4470. The lowest BCUT2D eigenvalue weighted by atomic mass is 10.1. The van der Waals surface area contributed by atoms with E-state index in [-0.39, 0.29) is 11.8 Å². The minimum absolute atomic E-state index is 0.136. The Hall–Kier alpha value is -5.17. The van der Waals surface area contributed by atoms with Crippen molar-refractivity contribution in [1.82, 2.24) is 63.1 Å². The highest BCUT2D eigenvalue weighted by Gasteiger charge is 2.49. The molecule has 105 heavy (non-hydrogen) atoms. The number of nitrogens with zero attached hydrogens (tertiary/aromatic N) is 13. The first kappa shape index (κ1) is 83.9. The maximum atomic E-state index is 10.8. The van der Waals surface area contributed by atoms with Crippen molar-refractivity contribution in [1.29, 1.82) is 0 Å². The molecule has 0 aromatic carbocycles. The third kappa shape index (κ3) is 20.5. The van der Waals surface area contributed by atoms with E-state index in [2.05, 4.69) is 137 Å². The van der Waals surface area contributed by atoms with Crippen LogP contribution in [0.25, 0.3) is 44.7 Å². The number of nitrogens with two attached hydrogens (primary N) is 5. The summed E-state index contributed by atoms with van der Waals surface area (Å²) in [6, 6.07) is 5.06. The minimum atomic E-state index is -1.25. The average Bonchev–Trinajstić information content (AvgIpc) is 1.63. The van der Waals surface area contributed by atoms with Crippen LogP contribution >= 0.6 is 51.1 Å². The average molecular weight is 1570 g/mol. The SMILES string of the molecule is C=P(C)(C)CC[C@H]1OC(n2c(N)nc3c(N)ccnc32)[C@H](O)[C@@H]1O.C=P(C)(C)CC[C@H]1OC(n2c(SCCCC)nc3c(N)ccnc32)[C@H](O)[C@@H]1O.C=P(C)(C)CC[C@H]1OC(n2c(SCCCCC)nc3c(N)ccnc32)[C@H](O)[C@@H]1O.C=P(C)(C)CC[C@H]1OC(n2cnc3c(N)nc(C)nc32)[C@H](O)[C@@H]1O. The van der Waals surface area contributed by atoms with Crippen molar-refractivity contribution in [3.63, 3.8) is 0 Å². The molecule has 8 aromatic heterocycles. The molecular formula is C69H112N18O12P4S2. The number of aromatic nitrogens is 13. The van der Waals surface area contributed by atoms with Crippen molar-refractivity contribution >= 4 is 150 Å². The molecule has 0 saturated carbocycles. The fraction of sp³-hybridized carbons (Fsp3) is 0.609. The summed E-state index contributed by atoms with van der Waals surface area (Å²) in [5.74, 6) is 2.73. The number of ether oxygens (including phenoxy) is 4. The van der Waals surface area contributed by atoms with E-state index in [0.717, 1.165) is 68.3 Å². The van der Waals surface area contributed by atoms with Gasteiger partial charge in [0.2, 0.25) is 5.95 Å². The summed E-state index contributed by atoms with van der Waals surface area (Å²) in [5.41, 5.74) is 35.6. The molecule has 36 heteroatoms. The summed E-state index contributed by atoms with van der Waals surface area (Å²) < 4.78 is 30.8. The molecule has 4 aliphatic rings. The molecule has 18 N–H and O–H groups in total. The molecule has 0 bridgehead atoms. The second kappa shape index (κ2) is 35.2. The number of aryl methyl sites for hydroxylation is 1. The molecule has 4 saturated heterocycles. The Kier molecular flexibility index (Phi) is 28.1. The lowest BCUT2D eigenvalue weighted by Gasteiger charge is -2.20. The third-order valence-electron chi connectivity index (χ3n) is 18.5. The zero-order chi connectivity index (χ0) is 76.9. The van der Waals surface area contributed by atoms with E-state index < -0.39 is 126 Å². The molecule has 8 aromatic rings. The number of hydrogen-bond donors (Lipinski definition) is 13. The maximum Gasteiger partial charge on any atom is 0.204 e. The van der Waals surface area contributed by atoms with Gasteiger partial charge in [-0.05, 0) is 142 Å². The molecule has 0 amide bonds. The monoisotopic (exact) mass is 1570 g/mol. The predicted molar refractivity (Wildman–Crippen MR) is 436 cm³/mol. The second-order valence-electron chi connectivity index (χ2n) is 30.3. The molecule has 0 radical (unpaired) electrons. The zero-order valence-electron chi connectivity index (χ0n) is 62.2. The van der Waals surface area contributed by atoms with E-state index in [0.29, 0.717) is 104 Å². The Labute approximate surface area is 623 Å². The van der Waals surface area contributed by atoms with Crippen LogP contribution in [-0.4, -0.2) is 292 Å². The fourth-order valence-electron chi connectivity index (χ4n) is 12.6. The van der Waals surface area contributed by atoms with Gasteiger partial charge in [-0.25, -0.2) is 44.9 Å². The van der Waals surface area contributed by atoms with Gasteiger partial charge in [0.15, 0.2) is 63.6 Å². The molecule has 0 aliphatic carbocycles. The number of aliphatic hydroxyl groups is 8. The fourth-order valence-corrected chi connectivity index (χ4v) is 18.6. The Balaban J connectivity index is 0.000000163. The molecule has 4 unspecified atom stereocenters. The van der Waals surface area contributed by atoms with Gasteiger partial charge < -0.3 is 88.5 Å². The summed E-state index contributed by atoms with van der Waals surface area (Å²) >= 11 is 3.20. The number of aliphatic hydroxyl groups excluding tert-OH is 8. The molecule has 0 spiro atoms. The van der Waals surface area contributed by atoms with Gasteiger partial charge in [0.1, 0.15) is 76.7 Å². The molecule has 12 heterocycles. The number of hydrogen-bond acceptors (Lipinski definition) is 28. The van der Waals surface area contributed by atoms with Crippen molar-refractivity contribution in [2.24, 2.45) is 0 Å². The first-order valence-corrected chi connectivity index (χ1v) is 49.6. The third-order valence-corrected chi connectivity index (χ3v) is 26.5. The predicted octanol–water partition coefficient (Wildman–Crippen LogP) is 6.39. The van der Waals surface area contributed by atoms with Crippen molar-refractivity contribution in [2.75, 3.05) is 118 Å². The number of rotatable bonds is 25. The largest absolute Gasteiger partial charge is 0.397 e. The Morgan fingerprint density at radius 2 is 0.762 bits per heavy atom. The Morgan fingerprint density at radius 3 is 1.14 bits per heavy atom. The summed E-state index contributed by atoms with van der Waals surface area (Å²) in [5, 5.41) is 85.7. The molecule has 582 valence electrons. The van der Waals surface area contributed by atoms with Crippen molar-refractivity contribution in [3.05, 3.63) is 48.9 Å². The van der Waals surface area contributed by atoms with Gasteiger partial charge in [0, 0.05) is 30.1 Å². The number of fused-ring (bicyclic) bond motifs is 4. The van der Waals surface area contributed by atoms with Crippen LogP contribution in [0.2, 0.25) is 0 Å². The summed E-state index contributed by atoms with van der Waals surface area (Å²) in [4.78, 5) is 39.3. The van der Waals surface area contributed by atoms with Crippen molar-refractivity contribution < 1.29 is 59.8 Å². The van der Waals surface area contributed by atoms with Crippen LogP contribution in [0.5, 0.6) is 0 Å². The molecule has 4 fully saturated rings. The molecule has 30 nitrogen and oxygen atoms in total. The number of thioether (sulfide) groups is 2. The van der Waals surface area contributed by atoms with Crippen LogP contribution < -0.4 is 28.7 Å². The van der Waals surface area contributed by atoms with Gasteiger partial charge in [-0.1, -0.05) is 56.6 Å². The number of nitrogen functional groups attached to an aromatic ring is 5. The molecule has 4 aliphatic heterocycles. The van der Waals surface area contributed by atoms with Crippen LogP contribution in [0.15, 0.2) is 53.4 Å². The number of anilines is 5. The number of pyridine rings is 3. The second-order valence-corrected chi connectivity index (χ2v) is 49.7. The lowest BCUT2D eigenvalue weighted by Crippen LogP contribution is -2.32. The quantitative estimate of drug-likeness (QED) is 0.0167. The van der Waals surface area contributed by atoms with Crippen LogP contribution in [0.4, 0.5) is 28.8 Å². The van der Waals surface area contributed by atoms with E-state index >= 15 is 0 Å². The van der Waals surface area contributed by atoms with Gasteiger partial charge in [-0.2, -0.15) is 0 Å². The highest BCUT2D eigenvalue weighted by Crippen LogP contribution is 2.46. The van der Waals surface area contributed by atoms with Crippen molar-refractivity contribution in [3.8, 4) is 0 Å². The molecule has 12 rings (SSSR count). The first-order chi connectivity index (χ1) is 49.3. The lowest BCUT2D eigenvalue weighted by molar-refractivity contribution is -0.0400. The Morgan fingerprint density at radius 1 is 0.419 bits per heavy atom. The van der Waals surface area contributed by atoms with Crippen molar-refractivity contribution in [2.45, 2.75) is 187 Å². The van der Waals surface area contributed by atoms with Gasteiger partial charge in [0.25, 0.3) is 0 Å². The van der Waals surface area contributed by atoms with Gasteiger partial charge in [0.05, 0.1) is 47.8 Å². The first-order valence-electron chi connectivity index (χ1n) is 35.4.